The molecule has 0 amide bonds. The van der Waals surface area contributed by atoms with Crippen LogP contribution in [0.3, 0.4) is 0 Å². The molecule has 28 heavy (non-hydrogen) atoms. The van der Waals surface area contributed by atoms with Gasteiger partial charge in [0.25, 0.3) is 6.43 Å². The number of aromatic nitrogens is 4. The summed E-state index contributed by atoms with van der Waals surface area (Å²) >= 11 is 0. The van der Waals surface area contributed by atoms with Crippen molar-refractivity contribution < 1.29 is 17.8 Å². The molecule has 0 saturated carbocycles. The van der Waals surface area contributed by atoms with Crippen molar-refractivity contribution in [3.63, 3.8) is 0 Å². The predicted molar refractivity (Wildman–Crippen MR) is 96.2 cm³/mol. The summed E-state index contributed by atoms with van der Waals surface area (Å²) in [6.45, 7) is 1.69. The quantitative estimate of drug-likeness (QED) is 0.525. The Bertz CT molecular complexity index is 1120. The number of rotatable bonds is 5. The molecule has 0 aliphatic carbocycles. The van der Waals surface area contributed by atoms with E-state index in [0.29, 0.717) is 22.3 Å². The maximum atomic E-state index is 14.5. The molecule has 4 aromatic rings. The molecule has 0 aliphatic rings. The first-order valence-corrected chi connectivity index (χ1v) is 8.41. The fourth-order valence-electron chi connectivity index (χ4n) is 3.01. The van der Waals surface area contributed by atoms with E-state index < -0.39 is 23.8 Å². The lowest BCUT2D eigenvalue weighted by atomic mass is 10.0. The minimum Gasteiger partial charge on any atom is -0.377 e. The highest BCUT2D eigenvalue weighted by molar-refractivity contribution is 5.93. The second kappa shape index (κ2) is 7.26. The zero-order valence-corrected chi connectivity index (χ0v) is 14.6. The molecule has 6 nitrogen and oxygen atoms in total. The maximum absolute atomic E-state index is 14.5. The zero-order valence-electron chi connectivity index (χ0n) is 14.6. The molecule has 0 aliphatic heterocycles. The number of benzene rings is 2. The molecule has 0 spiro atoms. The summed E-state index contributed by atoms with van der Waals surface area (Å²) in [5.41, 5.74) is 2.01. The normalized spacial score (nSPS) is 12.5. The first kappa shape index (κ1) is 17.9. The molecule has 2 aromatic heterocycles. The minimum absolute atomic E-state index is 0.139. The van der Waals surface area contributed by atoms with Crippen LogP contribution in [0.2, 0.25) is 0 Å². The lowest BCUT2D eigenvalue weighted by molar-refractivity contribution is 0.146. The van der Waals surface area contributed by atoms with Crippen LogP contribution in [0, 0.1) is 5.82 Å². The molecule has 0 unspecified atom stereocenters. The number of hydrogen-bond donors (Lipinski definition) is 1. The summed E-state index contributed by atoms with van der Waals surface area (Å²) in [5, 5.41) is 19.3. The molecule has 1 N–H and O–H groups in total. The molecule has 0 bridgehead atoms. The highest BCUT2D eigenvalue weighted by atomic mass is 19.3. The number of fused-ring (bicyclic) bond motifs is 1. The van der Waals surface area contributed by atoms with Crippen LogP contribution in [0.5, 0.6) is 0 Å². The minimum atomic E-state index is -2.88. The van der Waals surface area contributed by atoms with Gasteiger partial charge in [0.05, 0.1) is 35.2 Å². The van der Waals surface area contributed by atoms with Gasteiger partial charge < -0.3 is 5.32 Å². The van der Waals surface area contributed by atoms with Crippen LogP contribution < -0.4 is 5.32 Å². The van der Waals surface area contributed by atoms with E-state index in [4.69, 9.17) is 0 Å². The van der Waals surface area contributed by atoms with E-state index >= 15 is 0 Å². The van der Waals surface area contributed by atoms with Crippen LogP contribution in [0.1, 0.15) is 30.5 Å². The molecule has 0 radical (unpaired) electrons. The number of alkyl halides is 2. The van der Waals surface area contributed by atoms with Gasteiger partial charge in [-0.1, -0.05) is 29.4 Å². The van der Waals surface area contributed by atoms with Crippen LogP contribution in [-0.2, 0) is 0 Å². The van der Waals surface area contributed by atoms with E-state index in [9.17, 15) is 13.2 Å². The smallest absolute Gasteiger partial charge is 0.266 e. The van der Waals surface area contributed by atoms with Crippen LogP contribution in [-0.4, -0.2) is 20.5 Å². The Morgan fingerprint density at radius 3 is 2.64 bits per heavy atom. The number of nitrogens with one attached hydrogen (secondary N) is 1. The molecule has 1 atom stereocenters. The van der Waals surface area contributed by atoms with Crippen molar-refractivity contribution >= 4 is 16.6 Å². The van der Waals surface area contributed by atoms with Gasteiger partial charge in [-0.3, -0.25) is 0 Å². The second-order valence-corrected chi connectivity index (χ2v) is 6.20. The van der Waals surface area contributed by atoms with Gasteiger partial charge in [-0.2, -0.15) is 10.2 Å². The van der Waals surface area contributed by atoms with E-state index in [2.05, 4.69) is 30.5 Å². The number of anilines is 1. The largest absolute Gasteiger partial charge is 0.377 e. The van der Waals surface area contributed by atoms with E-state index in [1.807, 2.05) is 6.07 Å². The third kappa shape index (κ3) is 3.26. The first-order valence-electron chi connectivity index (χ1n) is 8.41. The third-order valence-corrected chi connectivity index (χ3v) is 4.43. The van der Waals surface area contributed by atoms with Crippen LogP contribution in [0.4, 0.5) is 18.9 Å². The molecule has 0 fully saturated rings. The summed E-state index contributed by atoms with van der Waals surface area (Å²) in [5.74, 6) is -0.918. The lowest BCUT2D eigenvalue weighted by Gasteiger charge is -2.18. The summed E-state index contributed by atoms with van der Waals surface area (Å²) < 4.78 is 45.1. The summed E-state index contributed by atoms with van der Waals surface area (Å²) in [6.07, 6.45) is 0.101. The molecule has 2 aromatic carbocycles. The molecule has 142 valence electrons. The maximum Gasteiger partial charge on any atom is 0.266 e. The molecule has 9 heteroatoms. The molecule has 0 saturated heterocycles. The van der Waals surface area contributed by atoms with Gasteiger partial charge in [-0.15, -0.1) is 0 Å². The van der Waals surface area contributed by atoms with E-state index in [-0.39, 0.29) is 5.56 Å². The average molecular weight is 385 g/mol. The van der Waals surface area contributed by atoms with Gasteiger partial charge in [0, 0.05) is 16.5 Å². The SMILES string of the molecule is C[C@@H](Nc1cnnc2ccc(-c3cnon3)cc12)c1cccc(C(F)F)c1F. The van der Waals surface area contributed by atoms with Crippen molar-refractivity contribution in [2.75, 3.05) is 5.32 Å². The van der Waals surface area contributed by atoms with Crippen LogP contribution in [0.15, 0.2) is 53.4 Å². The fourth-order valence-corrected chi connectivity index (χ4v) is 3.01. The topological polar surface area (TPSA) is 76.7 Å². The van der Waals surface area contributed by atoms with Crippen LogP contribution in [0.25, 0.3) is 22.2 Å². The molecular weight excluding hydrogens is 371 g/mol. The highest BCUT2D eigenvalue weighted by Gasteiger charge is 2.20. The Morgan fingerprint density at radius 2 is 1.89 bits per heavy atom. The van der Waals surface area contributed by atoms with Crippen molar-refractivity contribution in [3.8, 4) is 11.3 Å². The summed E-state index contributed by atoms with van der Waals surface area (Å²) in [7, 11) is 0. The van der Waals surface area contributed by atoms with Gasteiger partial charge in [0.2, 0.25) is 0 Å². The number of halogens is 3. The van der Waals surface area contributed by atoms with E-state index in [1.54, 1.807) is 19.1 Å². The zero-order chi connectivity index (χ0) is 19.7. The average Bonchev–Trinajstić information content (AvgIpc) is 3.22. The molecular formula is C19H14F3N5O. The summed E-state index contributed by atoms with van der Waals surface area (Å²) in [6, 6.07) is 8.78. The van der Waals surface area contributed by atoms with E-state index in [0.717, 1.165) is 11.6 Å². The number of hydrogen-bond acceptors (Lipinski definition) is 6. The van der Waals surface area contributed by atoms with Gasteiger partial charge in [0.15, 0.2) is 0 Å². The second-order valence-electron chi connectivity index (χ2n) is 6.20. The Hall–Kier alpha value is -3.49. The van der Waals surface area contributed by atoms with E-state index in [1.165, 1.54) is 24.5 Å². The van der Waals surface area contributed by atoms with Crippen molar-refractivity contribution in [2.45, 2.75) is 19.4 Å². The van der Waals surface area contributed by atoms with Gasteiger partial charge in [-0.25, -0.2) is 17.8 Å². The summed E-state index contributed by atoms with van der Waals surface area (Å²) in [4.78, 5) is 0. The standard InChI is InChI=1S/C19H14F3N5O/c1-10(12-3-2-4-13(18(12)20)19(21)22)25-17-8-23-26-15-6-5-11(7-14(15)17)16-9-24-28-27-16/h2-10,19H,1H3,(H,25,26)/t10-/m1/s1. The van der Waals surface area contributed by atoms with Crippen molar-refractivity contribution in [1.29, 1.82) is 0 Å². The fraction of sp³-hybridized carbons (Fsp3) is 0.158. The number of nitrogens with zero attached hydrogens (tertiary/aromatic N) is 4. The lowest BCUT2D eigenvalue weighted by Crippen LogP contribution is -2.11. The monoisotopic (exact) mass is 385 g/mol. The predicted octanol–water partition coefficient (Wildman–Crippen LogP) is 4.93. The van der Waals surface area contributed by atoms with Crippen molar-refractivity contribution in [2.24, 2.45) is 0 Å². The Morgan fingerprint density at radius 1 is 1.07 bits per heavy atom. The first-order chi connectivity index (χ1) is 13.5. The van der Waals surface area contributed by atoms with Crippen molar-refractivity contribution in [3.05, 3.63) is 65.7 Å². The Labute approximate surface area is 157 Å². The van der Waals surface area contributed by atoms with Gasteiger partial charge in [0.1, 0.15) is 11.5 Å². The Kier molecular flexibility index (Phi) is 4.64. The third-order valence-electron chi connectivity index (χ3n) is 4.43. The van der Waals surface area contributed by atoms with Gasteiger partial charge in [-0.05, 0) is 24.2 Å². The highest BCUT2D eigenvalue weighted by Crippen LogP contribution is 2.31. The molecule has 4 rings (SSSR count). The van der Waals surface area contributed by atoms with Crippen LogP contribution >= 0.6 is 0 Å². The Balaban J connectivity index is 1.72. The molecule has 2 heterocycles. The van der Waals surface area contributed by atoms with Crippen molar-refractivity contribution in [1.82, 2.24) is 20.5 Å². The van der Waals surface area contributed by atoms with Gasteiger partial charge >= 0.3 is 0 Å².